The van der Waals surface area contributed by atoms with E-state index in [0.29, 0.717) is 0 Å². The van der Waals surface area contributed by atoms with Crippen molar-refractivity contribution in [2.75, 3.05) is 6.67 Å². The van der Waals surface area contributed by atoms with Gasteiger partial charge in [-0.05, 0) is 6.42 Å². The van der Waals surface area contributed by atoms with Crippen molar-refractivity contribution in [1.82, 2.24) is 0 Å². The van der Waals surface area contributed by atoms with Crippen molar-refractivity contribution in [3.8, 4) is 0 Å². The van der Waals surface area contributed by atoms with E-state index in [0.717, 1.165) is 6.42 Å². The molecular weight excluding hydrogens is 359 g/mol. The lowest BCUT2D eigenvalue weighted by Gasteiger charge is -2.22. The van der Waals surface area contributed by atoms with E-state index in [1.54, 1.807) is 0 Å². The number of Topliss-reactive ketones (excluding diaryl/α,β-unsaturated/α-hetero) is 1. The lowest BCUT2D eigenvalue weighted by molar-refractivity contribution is -0.389. The van der Waals surface area contributed by atoms with Crippen molar-refractivity contribution in [3.05, 3.63) is 0 Å². The van der Waals surface area contributed by atoms with Crippen LogP contribution in [-0.4, -0.2) is 41.9 Å². The molecule has 0 saturated heterocycles. The summed E-state index contributed by atoms with van der Waals surface area (Å²) in [6, 6.07) is 0. The lowest BCUT2D eigenvalue weighted by Crippen LogP contribution is -2.49. The molecule has 0 aliphatic heterocycles. The third-order valence-corrected chi connectivity index (χ3v) is 3.21. The van der Waals surface area contributed by atoms with E-state index in [-0.39, 0.29) is 18.6 Å². The number of alkyl halides is 9. The molecule has 0 aliphatic carbocycles. The van der Waals surface area contributed by atoms with Gasteiger partial charge in [0.05, 0.1) is 12.8 Å². The Morgan fingerprint density at radius 1 is 0.958 bits per heavy atom. The average molecular weight is 378 g/mol. The summed E-state index contributed by atoms with van der Waals surface area (Å²) in [6.07, 6.45) is -13.1. The molecule has 0 heterocycles. The first-order valence-corrected chi connectivity index (χ1v) is 6.72. The quantitative estimate of drug-likeness (QED) is 0.671. The molecule has 0 aromatic rings. The van der Waals surface area contributed by atoms with Gasteiger partial charge in [-0.1, -0.05) is 20.8 Å². The highest BCUT2D eigenvalue weighted by Crippen LogP contribution is 2.46. The highest BCUT2D eigenvalue weighted by atomic mass is 19.5. The maximum absolute atomic E-state index is 11.8. The highest BCUT2D eigenvalue weighted by Gasteiger charge is 2.74. The Balaban J connectivity index is 0. The van der Waals surface area contributed by atoms with Gasteiger partial charge in [-0.25, -0.2) is 0 Å². The predicted molar refractivity (Wildman–Crippen MR) is 67.4 cm³/mol. The monoisotopic (exact) mass is 378 g/mol. The van der Waals surface area contributed by atoms with Gasteiger partial charge < -0.3 is 5.11 Å². The molecule has 146 valence electrons. The molecule has 1 atom stereocenters. The van der Waals surface area contributed by atoms with E-state index in [1.165, 1.54) is 0 Å². The molecule has 0 fully saturated rings. The van der Waals surface area contributed by atoms with Crippen molar-refractivity contribution in [3.63, 3.8) is 0 Å². The fourth-order valence-corrected chi connectivity index (χ4v) is 1.08. The normalized spacial score (nSPS) is 14.7. The van der Waals surface area contributed by atoms with E-state index < -0.39 is 36.5 Å². The van der Waals surface area contributed by atoms with Gasteiger partial charge in [-0.2, -0.15) is 35.1 Å². The van der Waals surface area contributed by atoms with Crippen LogP contribution < -0.4 is 0 Å². The first-order valence-electron chi connectivity index (χ1n) is 6.72. The minimum absolute atomic E-state index is 0.0101. The van der Waals surface area contributed by atoms with Crippen LogP contribution in [0.25, 0.3) is 0 Å². The summed E-state index contributed by atoms with van der Waals surface area (Å²) in [5.41, 5.74) is -0.392. The Labute approximate surface area is 133 Å². The Kier molecular flexibility index (Phi) is 9.37. The number of rotatable bonds is 6. The molecule has 0 radical (unpaired) electrons. The zero-order valence-corrected chi connectivity index (χ0v) is 13.2. The molecule has 0 bridgehead atoms. The van der Waals surface area contributed by atoms with Crippen LogP contribution in [0.4, 0.5) is 39.5 Å². The van der Waals surface area contributed by atoms with Gasteiger partial charge in [0.25, 0.3) is 0 Å². The number of hydrogen-bond donors (Lipinski definition) is 1. The molecule has 0 rings (SSSR count). The summed E-state index contributed by atoms with van der Waals surface area (Å²) in [5.74, 6) is -6.61. The molecule has 0 aromatic heterocycles. The summed E-state index contributed by atoms with van der Waals surface area (Å²) in [4.78, 5) is 11.5. The van der Waals surface area contributed by atoms with E-state index in [9.17, 15) is 49.4 Å². The van der Waals surface area contributed by atoms with Crippen LogP contribution in [0, 0.1) is 5.41 Å². The Morgan fingerprint density at radius 2 is 1.33 bits per heavy atom. The number of aliphatic hydroxyl groups is 1. The maximum Gasteiger partial charge on any atom is 0.463 e. The van der Waals surface area contributed by atoms with Gasteiger partial charge in [-0.15, -0.1) is 0 Å². The molecule has 24 heavy (non-hydrogen) atoms. The largest absolute Gasteiger partial charge is 0.463 e. The fourth-order valence-electron chi connectivity index (χ4n) is 1.08. The van der Waals surface area contributed by atoms with Gasteiger partial charge in [0.15, 0.2) is 0 Å². The van der Waals surface area contributed by atoms with Crippen molar-refractivity contribution in [2.45, 2.75) is 64.4 Å². The number of halogens is 9. The first-order chi connectivity index (χ1) is 10.4. The smallest absolute Gasteiger partial charge is 0.393 e. The minimum atomic E-state index is -6.62. The Hall–Kier alpha value is -1.00. The second-order valence-electron chi connectivity index (χ2n) is 5.57. The fraction of sp³-hybridized carbons (Fsp3) is 0.923. The zero-order chi connectivity index (χ0) is 20.0. The topological polar surface area (TPSA) is 37.3 Å². The van der Waals surface area contributed by atoms with Gasteiger partial charge in [-0.3, -0.25) is 9.18 Å². The van der Waals surface area contributed by atoms with Crippen LogP contribution in [0.1, 0.15) is 40.0 Å². The van der Waals surface area contributed by atoms with Gasteiger partial charge in [0, 0.05) is 18.3 Å². The predicted octanol–water partition coefficient (Wildman–Crippen LogP) is 4.85. The van der Waals surface area contributed by atoms with E-state index in [2.05, 4.69) is 0 Å². The molecule has 0 aliphatic rings. The third-order valence-electron chi connectivity index (χ3n) is 3.21. The second-order valence-corrected chi connectivity index (χ2v) is 5.57. The number of carbonyl (C=O) groups is 1. The van der Waals surface area contributed by atoms with Crippen molar-refractivity contribution in [1.29, 1.82) is 0 Å². The standard InChI is InChI=1S/C10H19FO2.C3F8/c1-4-10(2,3)9(13)7-8(12)5-6-11;4-1(5,2(6,7)8)3(9,10)11/h8,12H,4-7H2,1-3H3;. The number of ketones is 1. The summed E-state index contributed by atoms with van der Waals surface area (Å²) in [7, 11) is 0. The molecular formula is C13H19F9O2. The van der Waals surface area contributed by atoms with Gasteiger partial charge >= 0.3 is 18.3 Å². The molecule has 0 spiro atoms. The van der Waals surface area contributed by atoms with E-state index >= 15 is 0 Å². The highest BCUT2D eigenvalue weighted by molar-refractivity contribution is 5.84. The average Bonchev–Trinajstić information content (AvgIpc) is 2.36. The molecule has 0 amide bonds. The maximum atomic E-state index is 11.8. The van der Waals surface area contributed by atoms with E-state index in [4.69, 9.17) is 0 Å². The number of carbonyl (C=O) groups excluding carboxylic acids is 1. The first kappa shape index (κ1) is 25.2. The van der Waals surface area contributed by atoms with Crippen LogP contribution in [0.3, 0.4) is 0 Å². The van der Waals surface area contributed by atoms with Crippen LogP contribution in [0.2, 0.25) is 0 Å². The number of hydrogen-bond acceptors (Lipinski definition) is 2. The number of aliphatic hydroxyl groups excluding tert-OH is 1. The SMILES string of the molecule is CCC(C)(C)C(=O)CC(O)CCF.FC(F)(F)C(F)(F)C(F)(F)F. The van der Waals surface area contributed by atoms with Crippen molar-refractivity contribution >= 4 is 5.78 Å². The Morgan fingerprint density at radius 3 is 1.54 bits per heavy atom. The van der Waals surface area contributed by atoms with Gasteiger partial charge in [0.2, 0.25) is 0 Å². The van der Waals surface area contributed by atoms with Crippen molar-refractivity contribution in [2.24, 2.45) is 5.41 Å². The molecule has 0 saturated carbocycles. The van der Waals surface area contributed by atoms with Gasteiger partial charge in [0.1, 0.15) is 5.78 Å². The summed E-state index contributed by atoms with van der Waals surface area (Å²) in [6.45, 7) is 5.05. The molecule has 0 aromatic carbocycles. The van der Waals surface area contributed by atoms with Crippen LogP contribution in [-0.2, 0) is 4.79 Å². The third kappa shape index (κ3) is 7.71. The Bertz CT molecular complexity index is 370. The second kappa shape index (κ2) is 8.91. The molecule has 1 unspecified atom stereocenters. The van der Waals surface area contributed by atoms with Crippen LogP contribution in [0.5, 0.6) is 0 Å². The summed E-state index contributed by atoms with van der Waals surface area (Å²) in [5, 5.41) is 9.22. The lowest BCUT2D eigenvalue weighted by atomic mass is 9.82. The van der Waals surface area contributed by atoms with Crippen LogP contribution in [0.15, 0.2) is 0 Å². The van der Waals surface area contributed by atoms with E-state index in [1.807, 2.05) is 20.8 Å². The molecule has 11 heteroatoms. The zero-order valence-electron chi connectivity index (χ0n) is 13.2. The van der Waals surface area contributed by atoms with Crippen LogP contribution >= 0.6 is 0 Å². The molecule has 1 N–H and O–H groups in total. The molecule has 2 nitrogen and oxygen atoms in total. The summed E-state index contributed by atoms with van der Waals surface area (Å²) < 4.78 is 99.3. The van der Waals surface area contributed by atoms with Crippen molar-refractivity contribution < 1.29 is 49.4 Å². The minimum Gasteiger partial charge on any atom is -0.393 e. The summed E-state index contributed by atoms with van der Waals surface area (Å²) >= 11 is 0.